The van der Waals surface area contributed by atoms with E-state index in [0.717, 1.165) is 0 Å². The fraction of sp³-hybridized carbons (Fsp3) is 0.385. The second-order valence-corrected chi connectivity index (χ2v) is 3.67. The number of carbonyl (C=O) groups excluding carboxylic acids is 1. The molecular weight excluding hydrogens is 253 g/mol. The van der Waals surface area contributed by atoms with Gasteiger partial charge in [-0.1, -0.05) is 5.16 Å². The van der Waals surface area contributed by atoms with Crippen LogP contribution in [0.5, 0.6) is 5.75 Å². The van der Waals surface area contributed by atoms with Gasteiger partial charge >= 0.3 is 5.97 Å². The van der Waals surface area contributed by atoms with Crippen molar-refractivity contribution in [3.63, 3.8) is 0 Å². The predicted molar refractivity (Wildman–Crippen MR) is 67.0 cm³/mol. The normalized spacial score (nSPS) is 11.2. The zero-order valence-corrected chi connectivity index (χ0v) is 10.6. The summed E-state index contributed by atoms with van der Waals surface area (Å²) in [4.78, 5) is 11.3. The molecule has 6 heteroatoms. The van der Waals surface area contributed by atoms with Crippen molar-refractivity contribution in [2.75, 3.05) is 13.2 Å². The van der Waals surface area contributed by atoms with E-state index < -0.39 is 5.97 Å². The first-order valence-electron chi connectivity index (χ1n) is 5.93. The second kappa shape index (κ2) is 8.07. The topological polar surface area (TPSA) is 68.1 Å². The number of nitrogens with zero attached hydrogens (tertiary/aromatic N) is 1. The van der Waals surface area contributed by atoms with Crippen molar-refractivity contribution in [3.05, 3.63) is 30.1 Å². The Balaban J connectivity index is 2.30. The molecule has 1 aromatic rings. The van der Waals surface area contributed by atoms with Crippen LogP contribution in [0, 0.1) is 5.82 Å². The van der Waals surface area contributed by atoms with Gasteiger partial charge in [-0.15, -0.1) is 0 Å². The summed E-state index contributed by atoms with van der Waals surface area (Å²) in [5.41, 5.74) is -0.0374. The molecule has 0 saturated carbocycles. The van der Waals surface area contributed by atoms with E-state index in [9.17, 15) is 9.18 Å². The number of oxime groups is 1. The predicted octanol–water partition coefficient (Wildman–Crippen LogP) is 2.38. The molecule has 0 spiro atoms. The molecule has 5 nitrogen and oxygen atoms in total. The number of rotatable bonds is 7. The summed E-state index contributed by atoms with van der Waals surface area (Å²) in [6.07, 6.45) is 0.728. The molecule has 0 unspecified atom stereocenters. The van der Waals surface area contributed by atoms with Crippen LogP contribution in [-0.4, -0.2) is 30.1 Å². The van der Waals surface area contributed by atoms with Crippen molar-refractivity contribution >= 4 is 11.7 Å². The lowest BCUT2D eigenvalue weighted by atomic mass is 10.2. The first-order valence-corrected chi connectivity index (χ1v) is 5.93. The summed E-state index contributed by atoms with van der Waals surface area (Å²) >= 11 is 0. The van der Waals surface area contributed by atoms with Crippen LogP contribution in [-0.2, 0) is 9.53 Å². The maximum atomic E-state index is 12.6. The van der Waals surface area contributed by atoms with Crippen LogP contribution in [0.25, 0.3) is 0 Å². The van der Waals surface area contributed by atoms with Crippen LogP contribution in [0.2, 0.25) is 0 Å². The van der Waals surface area contributed by atoms with Crippen molar-refractivity contribution in [1.82, 2.24) is 0 Å². The van der Waals surface area contributed by atoms with Crippen LogP contribution in [0.4, 0.5) is 4.39 Å². The minimum Gasteiger partial charge on any atom is -0.494 e. The number of hydrogen-bond donors (Lipinski definition) is 1. The lowest BCUT2D eigenvalue weighted by Gasteiger charge is -2.06. The molecule has 104 valence electrons. The highest BCUT2D eigenvalue weighted by atomic mass is 19.1. The molecule has 0 aromatic heterocycles. The Morgan fingerprint density at radius 3 is 2.63 bits per heavy atom. The lowest BCUT2D eigenvalue weighted by molar-refractivity contribution is -0.135. The summed E-state index contributed by atoms with van der Waals surface area (Å²) in [6, 6.07) is 5.63. The van der Waals surface area contributed by atoms with Crippen LogP contribution >= 0.6 is 0 Å². The molecule has 0 radical (unpaired) electrons. The van der Waals surface area contributed by atoms with Gasteiger partial charge in [0.25, 0.3) is 0 Å². The van der Waals surface area contributed by atoms with E-state index in [4.69, 9.17) is 14.7 Å². The summed E-state index contributed by atoms with van der Waals surface area (Å²) in [7, 11) is 0. The average Bonchev–Trinajstić information content (AvgIpc) is 2.41. The molecule has 0 aliphatic carbocycles. The van der Waals surface area contributed by atoms with Crippen molar-refractivity contribution in [2.45, 2.75) is 19.8 Å². The highest BCUT2D eigenvalue weighted by Crippen LogP contribution is 2.11. The Hall–Kier alpha value is -2.11. The zero-order valence-electron chi connectivity index (χ0n) is 10.6. The third-order valence-corrected chi connectivity index (χ3v) is 2.27. The number of ether oxygens (including phenoxy) is 2. The van der Waals surface area contributed by atoms with Crippen LogP contribution in [0.3, 0.4) is 0 Å². The average molecular weight is 269 g/mol. The minimum absolute atomic E-state index is 0.0374. The maximum absolute atomic E-state index is 12.6. The zero-order chi connectivity index (χ0) is 14.1. The van der Waals surface area contributed by atoms with Crippen LogP contribution in [0.1, 0.15) is 19.8 Å². The van der Waals surface area contributed by atoms with E-state index in [1.807, 2.05) is 0 Å². The summed E-state index contributed by atoms with van der Waals surface area (Å²) in [5.74, 6) is -0.420. The Morgan fingerprint density at radius 2 is 2.05 bits per heavy atom. The third kappa shape index (κ3) is 5.37. The number of halogens is 1. The highest BCUT2D eigenvalue weighted by Gasteiger charge is 2.12. The molecule has 0 aliphatic rings. The van der Waals surface area contributed by atoms with E-state index in [2.05, 4.69) is 5.16 Å². The van der Waals surface area contributed by atoms with Gasteiger partial charge in [-0.2, -0.15) is 0 Å². The van der Waals surface area contributed by atoms with Gasteiger partial charge in [0.1, 0.15) is 11.6 Å². The Bertz CT molecular complexity index is 431. The molecule has 0 amide bonds. The molecular formula is C13H16FNO4. The van der Waals surface area contributed by atoms with E-state index in [0.29, 0.717) is 18.8 Å². The Kier molecular flexibility index (Phi) is 6.35. The van der Waals surface area contributed by atoms with Gasteiger partial charge in [-0.05, 0) is 37.6 Å². The third-order valence-electron chi connectivity index (χ3n) is 2.27. The highest BCUT2D eigenvalue weighted by molar-refractivity contribution is 6.36. The fourth-order valence-electron chi connectivity index (χ4n) is 1.37. The van der Waals surface area contributed by atoms with Crippen LogP contribution < -0.4 is 4.74 Å². The molecule has 19 heavy (non-hydrogen) atoms. The van der Waals surface area contributed by atoms with Gasteiger partial charge in [0.2, 0.25) is 0 Å². The Morgan fingerprint density at radius 1 is 1.37 bits per heavy atom. The van der Waals surface area contributed by atoms with Crippen molar-refractivity contribution < 1.29 is 23.9 Å². The first-order chi connectivity index (χ1) is 9.17. The van der Waals surface area contributed by atoms with Gasteiger partial charge in [0.15, 0.2) is 5.71 Å². The molecule has 1 N–H and O–H groups in total. The number of hydrogen-bond acceptors (Lipinski definition) is 5. The summed E-state index contributed by atoms with van der Waals surface area (Å²) in [5, 5.41) is 11.6. The second-order valence-electron chi connectivity index (χ2n) is 3.67. The van der Waals surface area contributed by atoms with Gasteiger partial charge < -0.3 is 14.7 Å². The number of carbonyl (C=O) groups is 1. The number of esters is 1. The van der Waals surface area contributed by atoms with Gasteiger partial charge in [0.05, 0.1) is 13.2 Å². The van der Waals surface area contributed by atoms with E-state index in [1.165, 1.54) is 24.3 Å². The summed E-state index contributed by atoms with van der Waals surface area (Å²) in [6.45, 7) is 2.22. The van der Waals surface area contributed by atoms with Crippen molar-refractivity contribution in [1.29, 1.82) is 0 Å². The summed E-state index contributed by atoms with van der Waals surface area (Å²) < 4.78 is 22.7. The molecule has 1 rings (SSSR count). The van der Waals surface area contributed by atoms with Crippen molar-refractivity contribution in [2.24, 2.45) is 5.16 Å². The lowest BCUT2D eigenvalue weighted by Crippen LogP contribution is -2.18. The smallest absolute Gasteiger partial charge is 0.356 e. The van der Waals surface area contributed by atoms with E-state index >= 15 is 0 Å². The molecule has 0 bridgehead atoms. The molecule has 0 heterocycles. The standard InChI is InChI=1S/C13H16FNO4/c1-2-18-13(16)12(15-17)4-3-9-19-11-7-5-10(14)6-8-11/h5-8,17H,2-4,9H2,1H3/b15-12-. The largest absolute Gasteiger partial charge is 0.494 e. The quantitative estimate of drug-likeness (QED) is 0.271. The molecule has 0 atom stereocenters. The Labute approximate surface area is 110 Å². The monoisotopic (exact) mass is 269 g/mol. The van der Waals surface area contributed by atoms with Gasteiger partial charge in [-0.25, -0.2) is 9.18 Å². The molecule has 0 aliphatic heterocycles. The fourth-order valence-corrected chi connectivity index (χ4v) is 1.37. The first kappa shape index (κ1) is 14.9. The number of benzene rings is 1. The van der Waals surface area contributed by atoms with E-state index in [-0.39, 0.29) is 24.6 Å². The van der Waals surface area contributed by atoms with Gasteiger partial charge in [0, 0.05) is 6.42 Å². The molecule has 0 saturated heterocycles. The van der Waals surface area contributed by atoms with E-state index in [1.54, 1.807) is 6.92 Å². The molecule has 0 fully saturated rings. The SMILES string of the molecule is CCOC(=O)/C(CCCOc1ccc(F)cc1)=N\O. The minimum atomic E-state index is -0.633. The maximum Gasteiger partial charge on any atom is 0.356 e. The van der Waals surface area contributed by atoms with Gasteiger partial charge in [-0.3, -0.25) is 0 Å². The van der Waals surface area contributed by atoms with Crippen LogP contribution in [0.15, 0.2) is 29.4 Å². The molecule has 1 aromatic carbocycles. The van der Waals surface area contributed by atoms with Crippen molar-refractivity contribution in [3.8, 4) is 5.75 Å².